The molecule has 30 heavy (non-hydrogen) atoms. The van der Waals surface area contributed by atoms with Crippen molar-refractivity contribution in [2.45, 2.75) is 25.0 Å². The molecule has 0 unspecified atom stereocenters. The van der Waals surface area contributed by atoms with E-state index >= 15 is 0 Å². The van der Waals surface area contributed by atoms with Crippen LogP contribution in [0.5, 0.6) is 0 Å². The summed E-state index contributed by atoms with van der Waals surface area (Å²) in [6, 6.07) is 7.56. The lowest BCUT2D eigenvalue weighted by Crippen LogP contribution is -2.37. The number of nitrogens with zero attached hydrogens (tertiary/aromatic N) is 5. The lowest BCUT2D eigenvalue weighted by molar-refractivity contribution is -0.113. The summed E-state index contributed by atoms with van der Waals surface area (Å²) in [4.78, 5) is 43.8. The second-order valence-corrected chi connectivity index (χ2v) is 8.14. The summed E-state index contributed by atoms with van der Waals surface area (Å²) in [5, 5.41) is 3.41. The third kappa shape index (κ3) is 4.13. The van der Waals surface area contributed by atoms with Gasteiger partial charge in [0.1, 0.15) is 0 Å². The minimum atomic E-state index is -0.427. The molecule has 0 radical (unpaired) electrons. The van der Waals surface area contributed by atoms with Crippen molar-refractivity contribution in [3.63, 3.8) is 0 Å². The van der Waals surface area contributed by atoms with E-state index in [9.17, 15) is 14.4 Å². The predicted molar refractivity (Wildman–Crippen MR) is 121 cm³/mol. The molecule has 0 spiro atoms. The van der Waals surface area contributed by atoms with Gasteiger partial charge in [-0.15, -0.1) is 0 Å². The Morgan fingerprint density at radius 2 is 1.80 bits per heavy atom. The molecular weight excluding hydrogens is 404 g/mol. The van der Waals surface area contributed by atoms with Crippen molar-refractivity contribution in [2.75, 3.05) is 30.1 Å². The maximum Gasteiger partial charge on any atom is 0.332 e. The first-order valence-electron chi connectivity index (χ1n) is 9.60. The van der Waals surface area contributed by atoms with Gasteiger partial charge in [-0.2, -0.15) is 0 Å². The van der Waals surface area contributed by atoms with Gasteiger partial charge in [-0.05, 0) is 30.7 Å². The standard InChI is InChI=1S/C20H26N6O3S/c1-6-11-26-16-17(24(4)20(29)25(5)18(16)28)22-19(26)30-12-15(27)21-13-7-9-14(10-8-13)23(2)3/h7-10H,6,11-12H2,1-5H3,(H,21,27). The van der Waals surface area contributed by atoms with E-state index in [0.29, 0.717) is 28.6 Å². The molecule has 0 saturated carbocycles. The zero-order chi connectivity index (χ0) is 22.0. The van der Waals surface area contributed by atoms with Crippen molar-refractivity contribution >= 4 is 40.2 Å². The second-order valence-electron chi connectivity index (χ2n) is 7.20. The quantitative estimate of drug-likeness (QED) is 0.573. The van der Waals surface area contributed by atoms with Crippen LogP contribution in [0.2, 0.25) is 0 Å². The molecule has 1 aromatic carbocycles. The number of rotatable bonds is 7. The van der Waals surface area contributed by atoms with Crippen LogP contribution in [0.15, 0.2) is 39.0 Å². The Bertz CT molecular complexity index is 1190. The fourth-order valence-corrected chi connectivity index (χ4v) is 3.96. The van der Waals surface area contributed by atoms with Crippen LogP contribution < -0.4 is 21.5 Å². The Morgan fingerprint density at radius 1 is 1.13 bits per heavy atom. The summed E-state index contributed by atoms with van der Waals surface area (Å²) in [6.45, 7) is 2.57. The molecule has 1 amide bonds. The Kier molecular flexibility index (Phi) is 6.35. The van der Waals surface area contributed by atoms with Crippen LogP contribution in [0.4, 0.5) is 11.4 Å². The number of thioether (sulfide) groups is 1. The first-order valence-corrected chi connectivity index (χ1v) is 10.6. The molecule has 0 aliphatic carbocycles. The van der Waals surface area contributed by atoms with E-state index in [-0.39, 0.29) is 17.2 Å². The number of aryl methyl sites for hydroxylation is 2. The highest BCUT2D eigenvalue weighted by atomic mass is 32.2. The Balaban J connectivity index is 1.83. The molecule has 2 heterocycles. The van der Waals surface area contributed by atoms with Crippen LogP contribution in [0.1, 0.15) is 13.3 Å². The van der Waals surface area contributed by atoms with Crippen molar-refractivity contribution in [2.24, 2.45) is 14.1 Å². The van der Waals surface area contributed by atoms with Crippen LogP contribution in [0.25, 0.3) is 11.2 Å². The number of carbonyl (C=O) groups is 1. The number of hydrogen-bond donors (Lipinski definition) is 1. The summed E-state index contributed by atoms with van der Waals surface area (Å²) in [6.07, 6.45) is 0.787. The number of aromatic nitrogens is 4. The molecule has 0 atom stereocenters. The van der Waals surface area contributed by atoms with Crippen molar-refractivity contribution in [1.29, 1.82) is 0 Å². The monoisotopic (exact) mass is 430 g/mol. The van der Waals surface area contributed by atoms with Gasteiger partial charge < -0.3 is 14.8 Å². The fourth-order valence-electron chi connectivity index (χ4n) is 3.14. The van der Waals surface area contributed by atoms with Crippen molar-refractivity contribution in [3.8, 4) is 0 Å². The number of hydrogen-bond acceptors (Lipinski definition) is 6. The maximum atomic E-state index is 12.7. The van der Waals surface area contributed by atoms with Gasteiger partial charge in [-0.3, -0.25) is 18.7 Å². The number of benzene rings is 1. The number of carbonyl (C=O) groups excluding carboxylic acids is 1. The lowest BCUT2D eigenvalue weighted by Gasteiger charge is -2.13. The first-order chi connectivity index (χ1) is 14.2. The van der Waals surface area contributed by atoms with Crippen molar-refractivity contribution < 1.29 is 4.79 Å². The maximum absolute atomic E-state index is 12.7. The van der Waals surface area contributed by atoms with Gasteiger partial charge in [-0.1, -0.05) is 18.7 Å². The van der Waals surface area contributed by atoms with Gasteiger partial charge in [0.2, 0.25) is 5.91 Å². The predicted octanol–water partition coefficient (Wildman–Crippen LogP) is 1.64. The Hall–Kier alpha value is -3.01. The summed E-state index contributed by atoms with van der Waals surface area (Å²) in [7, 11) is 6.95. The van der Waals surface area contributed by atoms with E-state index in [4.69, 9.17) is 0 Å². The zero-order valence-corrected chi connectivity index (χ0v) is 18.6. The number of fused-ring (bicyclic) bond motifs is 1. The van der Waals surface area contributed by atoms with E-state index in [1.165, 1.54) is 23.4 Å². The van der Waals surface area contributed by atoms with Gasteiger partial charge in [0.25, 0.3) is 5.56 Å². The SMILES string of the molecule is CCCn1c(SCC(=O)Nc2ccc(N(C)C)cc2)nc2c1c(=O)n(C)c(=O)n2C. The van der Waals surface area contributed by atoms with Crippen molar-refractivity contribution in [1.82, 2.24) is 18.7 Å². The molecule has 0 aliphatic rings. The summed E-state index contributed by atoms with van der Waals surface area (Å²) >= 11 is 1.25. The third-order valence-corrected chi connectivity index (χ3v) is 5.74. The molecule has 3 rings (SSSR count). The summed E-state index contributed by atoms with van der Waals surface area (Å²) in [5.74, 6) is -0.0361. The minimum absolute atomic E-state index is 0.136. The molecule has 10 heteroatoms. The summed E-state index contributed by atoms with van der Waals surface area (Å²) < 4.78 is 4.23. The fraction of sp³-hybridized carbons (Fsp3) is 0.400. The molecular formula is C20H26N6O3S. The molecule has 1 N–H and O–H groups in total. The topological polar surface area (TPSA) is 94.2 Å². The molecule has 3 aromatic rings. The number of anilines is 2. The average Bonchev–Trinajstić information content (AvgIpc) is 3.08. The average molecular weight is 431 g/mol. The van der Waals surface area contributed by atoms with Gasteiger partial charge in [-0.25, -0.2) is 9.78 Å². The van der Waals surface area contributed by atoms with Crippen molar-refractivity contribution in [3.05, 3.63) is 45.1 Å². The highest BCUT2D eigenvalue weighted by Gasteiger charge is 2.19. The van der Waals surface area contributed by atoms with Crippen LogP contribution >= 0.6 is 11.8 Å². The third-order valence-electron chi connectivity index (χ3n) is 4.76. The van der Waals surface area contributed by atoms with E-state index in [0.717, 1.165) is 16.7 Å². The normalized spacial score (nSPS) is 11.1. The van der Waals surface area contributed by atoms with Gasteiger partial charge in [0.15, 0.2) is 16.3 Å². The molecule has 0 saturated heterocycles. The largest absolute Gasteiger partial charge is 0.378 e. The molecule has 2 aromatic heterocycles. The van der Waals surface area contributed by atoms with Gasteiger partial charge >= 0.3 is 5.69 Å². The van der Waals surface area contributed by atoms with E-state index < -0.39 is 5.69 Å². The first kappa shape index (κ1) is 21.7. The molecule has 0 fully saturated rings. The highest BCUT2D eigenvalue weighted by Crippen LogP contribution is 2.23. The Morgan fingerprint density at radius 3 is 2.40 bits per heavy atom. The highest BCUT2D eigenvalue weighted by molar-refractivity contribution is 7.99. The van der Waals surface area contributed by atoms with Crippen LogP contribution in [-0.2, 0) is 25.4 Å². The number of imidazole rings is 1. The number of nitrogens with one attached hydrogen (secondary N) is 1. The van der Waals surface area contributed by atoms with E-state index in [2.05, 4.69) is 10.3 Å². The lowest BCUT2D eigenvalue weighted by atomic mass is 10.2. The van der Waals surface area contributed by atoms with Crippen LogP contribution in [0.3, 0.4) is 0 Å². The summed E-state index contributed by atoms with van der Waals surface area (Å²) in [5.41, 5.74) is 1.66. The number of amides is 1. The van der Waals surface area contributed by atoms with Gasteiger partial charge in [0, 0.05) is 46.1 Å². The van der Waals surface area contributed by atoms with Gasteiger partial charge in [0.05, 0.1) is 5.75 Å². The smallest absolute Gasteiger partial charge is 0.332 e. The molecule has 0 aliphatic heterocycles. The minimum Gasteiger partial charge on any atom is -0.378 e. The second kappa shape index (κ2) is 8.78. The molecule has 0 bridgehead atoms. The van der Waals surface area contributed by atoms with Crippen LogP contribution in [0, 0.1) is 0 Å². The van der Waals surface area contributed by atoms with E-state index in [1.54, 1.807) is 11.6 Å². The molecule has 9 nitrogen and oxygen atoms in total. The Labute approximate surface area is 178 Å². The zero-order valence-electron chi connectivity index (χ0n) is 17.8. The van der Waals surface area contributed by atoms with Crippen LogP contribution in [-0.4, -0.2) is 44.4 Å². The van der Waals surface area contributed by atoms with E-state index in [1.807, 2.05) is 50.2 Å². The molecule has 160 valence electrons.